The van der Waals surface area contributed by atoms with Crippen LogP contribution in [0.3, 0.4) is 0 Å². The second-order valence-electron chi connectivity index (χ2n) is 5.50. The van der Waals surface area contributed by atoms with Crippen LogP contribution in [0.4, 0.5) is 14.9 Å². The third kappa shape index (κ3) is 4.87. The van der Waals surface area contributed by atoms with Gasteiger partial charge in [0.25, 0.3) is 0 Å². The number of ether oxygens (including phenoxy) is 1. The van der Waals surface area contributed by atoms with Crippen LogP contribution in [-0.4, -0.2) is 18.2 Å². The van der Waals surface area contributed by atoms with E-state index in [1.165, 1.54) is 6.07 Å². The third-order valence-electron chi connectivity index (χ3n) is 2.53. The fraction of sp³-hybridized carbons (Fsp3) is 0.500. The molecule has 0 aliphatic heterocycles. The summed E-state index contributed by atoms with van der Waals surface area (Å²) in [5.41, 5.74) is 5.82. The third-order valence-corrected chi connectivity index (χ3v) is 2.53. The van der Waals surface area contributed by atoms with E-state index in [1.807, 2.05) is 6.92 Å². The lowest BCUT2D eigenvalue weighted by atomic mass is 10.0. The van der Waals surface area contributed by atoms with Crippen molar-refractivity contribution in [2.75, 3.05) is 11.9 Å². The number of carbonyl (C=O) groups is 1. The van der Waals surface area contributed by atoms with Gasteiger partial charge in [0.1, 0.15) is 11.4 Å². The van der Waals surface area contributed by atoms with Gasteiger partial charge in [-0.3, -0.25) is 5.32 Å². The molecule has 0 bridgehead atoms. The smallest absolute Gasteiger partial charge is 0.412 e. The van der Waals surface area contributed by atoms with Gasteiger partial charge in [0.15, 0.2) is 0 Å². The molecule has 1 amide bonds. The van der Waals surface area contributed by atoms with Crippen molar-refractivity contribution >= 4 is 11.8 Å². The molecule has 0 fully saturated rings. The van der Waals surface area contributed by atoms with Crippen LogP contribution in [-0.2, 0) is 4.74 Å². The number of hydrogen-bond acceptors (Lipinski definition) is 3. The van der Waals surface area contributed by atoms with Crippen molar-refractivity contribution in [2.24, 2.45) is 5.73 Å². The highest BCUT2D eigenvalue weighted by molar-refractivity contribution is 5.84. The fourth-order valence-electron chi connectivity index (χ4n) is 1.55. The standard InChI is InChI=1S/C14H21FN2O2/c1-9(8-16)11-6-5-10(7-12(11)15)17-13(18)19-14(2,3)4/h5-7,9H,8,16H2,1-4H3,(H,17,18). The molecule has 1 rings (SSSR count). The van der Waals surface area contributed by atoms with Gasteiger partial charge in [0.05, 0.1) is 0 Å². The van der Waals surface area contributed by atoms with Crippen LogP contribution in [0.2, 0.25) is 0 Å². The van der Waals surface area contributed by atoms with Crippen molar-refractivity contribution in [3.05, 3.63) is 29.6 Å². The van der Waals surface area contributed by atoms with Crippen molar-refractivity contribution in [2.45, 2.75) is 39.2 Å². The minimum atomic E-state index is -0.605. The number of nitrogens with two attached hydrogens (primary N) is 1. The van der Waals surface area contributed by atoms with E-state index in [2.05, 4.69) is 5.32 Å². The monoisotopic (exact) mass is 268 g/mol. The second kappa shape index (κ2) is 6.02. The predicted molar refractivity (Wildman–Crippen MR) is 73.7 cm³/mol. The highest BCUT2D eigenvalue weighted by Gasteiger charge is 2.17. The number of halogens is 1. The Morgan fingerprint density at radius 2 is 2.11 bits per heavy atom. The highest BCUT2D eigenvalue weighted by atomic mass is 19.1. The van der Waals surface area contributed by atoms with Crippen LogP contribution in [0.5, 0.6) is 0 Å². The first-order chi connectivity index (χ1) is 8.73. The summed E-state index contributed by atoms with van der Waals surface area (Å²) in [6.07, 6.45) is -0.605. The topological polar surface area (TPSA) is 64.3 Å². The Bertz CT molecular complexity index is 455. The number of benzene rings is 1. The maximum Gasteiger partial charge on any atom is 0.412 e. The van der Waals surface area contributed by atoms with Crippen molar-refractivity contribution in [1.82, 2.24) is 0 Å². The van der Waals surface area contributed by atoms with E-state index in [0.717, 1.165) is 0 Å². The molecule has 0 saturated carbocycles. The van der Waals surface area contributed by atoms with Gasteiger partial charge in [-0.15, -0.1) is 0 Å². The van der Waals surface area contributed by atoms with Gasteiger partial charge in [-0.2, -0.15) is 0 Å². The van der Waals surface area contributed by atoms with Gasteiger partial charge >= 0.3 is 6.09 Å². The van der Waals surface area contributed by atoms with Gasteiger partial charge in [-0.25, -0.2) is 9.18 Å². The number of hydrogen-bond donors (Lipinski definition) is 2. The molecule has 19 heavy (non-hydrogen) atoms. The first kappa shape index (κ1) is 15.4. The first-order valence-corrected chi connectivity index (χ1v) is 6.22. The van der Waals surface area contributed by atoms with Gasteiger partial charge in [0.2, 0.25) is 0 Å². The molecule has 1 atom stereocenters. The highest BCUT2D eigenvalue weighted by Crippen LogP contribution is 2.21. The lowest BCUT2D eigenvalue weighted by molar-refractivity contribution is 0.0636. The molecule has 106 valence electrons. The average Bonchev–Trinajstić information content (AvgIpc) is 2.25. The molecule has 5 heteroatoms. The van der Waals surface area contributed by atoms with Crippen molar-refractivity contribution < 1.29 is 13.9 Å². The Labute approximate surface area is 113 Å². The lowest BCUT2D eigenvalue weighted by Crippen LogP contribution is -2.27. The van der Waals surface area contributed by atoms with Gasteiger partial charge in [-0.05, 0) is 50.9 Å². The summed E-state index contributed by atoms with van der Waals surface area (Å²) in [6.45, 7) is 7.51. The van der Waals surface area contributed by atoms with Crippen molar-refractivity contribution in [3.8, 4) is 0 Å². The minimum absolute atomic E-state index is 0.0597. The normalized spacial score (nSPS) is 12.9. The number of anilines is 1. The van der Waals surface area contributed by atoms with Gasteiger partial charge < -0.3 is 10.5 Å². The molecule has 1 aromatic rings. The fourth-order valence-corrected chi connectivity index (χ4v) is 1.55. The van der Waals surface area contributed by atoms with Crippen molar-refractivity contribution in [1.29, 1.82) is 0 Å². The van der Waals surface area contributed by atoms with Crippen LogP contribution in [0.15, 0.2) is 18.2 Å². The largest absolute Gasteiger partial charge is 0.444 e. The van der Waals surface area contributed by atoms with E-state index < -0.39 is 11.7 Å². The lowest BCUT2D eigenvalue weighted by Gasteiger charge is -2.20. The zero-order chi connectivity index (χ0) is 14.6. The Hall–Kier alpha value is -1.62. The van der Waals surface area contributed by atoms with Gasteiger partial charge in [-0.1, -0.05) is 13.0 Å². The molecule has 1 aromatic carbocycles. The zero-order valence-electron chi connectivity index (χ0n) is 11.8. The Kier molecular flexibility index (Phi) is 4.89. The summed E-state index contributed by atoms with van der Waals surface area (Å²) in [5.74, 6) is -0.443. The van der Waals surface area contributed by atoms with Crippen LogP contribution in [0.25, 0.3) is 0 Å². The average molecular weight is 268 g/mol. The van der Waals surface area contributed by atoms with E-state index in [-0.39, 0.29) is 11.7 Å². The summed E-state index contributed by atoms with van der Waals surface area (Å²) >= 11 is 0. The van der Waals surface area contributed by atoms with E-state index in [4.69, 9.17) is 10.5 Å². The van der Waals surface area contributed by atoms with Crippen LogP contribution < -0.4 is 11.1 Å². The number of nitrogens with one attached hydrogen (secondary N) is 1. The molecule has 0 heterocycles. The molecule has 0 aliphatic rings. The first-order valence-electron chi connectivity index (χ1n) is 6.22. The Morgan fingerprint density at radius 3 is 2.58 bits per heavy atom. The molecule has 3 N–H and O–H groups in total. The number of rotatable bonds is 3. The molecular formula is C14H21FN2O2. The van der Waals surface area contributed by atoms with Crippen LogP contribution >= 0.6 is 0 Å². The maximum absolute atomic E-state index is 13.8. The molecule has 0 aromatic heterocycles. The van der Waals surface area contributed by atoms with Crippen LogP contribution in [0.1, 0.15) is 39.2 Å². The summed E-state index contributed by atoms with van der Waals surface area (Å²) in [5, 5.41) is 2.49. The van der Waals surface area contributed by atoms with E-state index >= 15 is 0 Å². The molecule has 0 spiro atoms. The summed E-state index contributed by atoms with van der Waals surface area (Å²) < 4.78 is 18.9. The summed E-state index contributed by atoms with van der Waals surface area (Å²) in [7, 11) is 0. The predicted octanol–water partition coefficient (Wildman–Crippen LogP) is 3.23. The molecule has 0 radical (unpaired) electrons. The quantitative estimate of drug-likeness (QED) is 0.884. The van der Waals surface area contributed by atoms with E-state index in [0.29, 0.717) is 17.8 Å². The second-order valence-corrected chi connectivity index (χ2v) is 5.50. The maximum atomic E-state index is 13.8. The number of carbonyl (C=O) groups excluding carboxylic acids is 1. The molecule has 0 saturated heterocycles. The number of amides is 1. The SMILES string of the molecule is CC(CN)c1ccc(NC(=O)OC(C)(C)C)cc1F. The Morgan fingerprint density at radius 1 is 1.47 bits per heavy atom. The van der Waals surface area contributed by atoms with Gasteiger partial charge in [0, 0.05) is 5.69 Å². The minimum Gasteiger partial charge on any atom is -0.444 e. The summed E-state index contributed by atoms with van der Waals surface area (Å²) in [6, 6.07) is 4.53. The van der Waals surface area contributed by atoms with Crippen molar-refractivity contribution in [3.63, 3.8) is 0 Å². The molecule has 0 aliphatic carbocycles. The Balaban J connectivity index is 2.76. The van der Waals surface area contributed by atoms with E-state index in [1.54, 1.807) is 32.9 Å². The van der Waals surface area contributed by atoms with Crippen LogP contribution in [0, 0.1) is 5.82 Å². The van der Waals surface area contributed by atoms with E-state index in [9.17, 15) is 9.18 Å². The summed E-state index contributed by atoms with van der Waals surface area (Å²) in [4.78, 5) is 11.5. The molecule has 4 nitrogen and oxygen atoms in total. The molecular weight excluding hydrogens is 247 g/mol. The molecule has 1 unspecified atom stereocenters. The zero-order valence-corrected chi connectivity index (χ0v) is 11.8.